The van der Waals surface area contributed by atoms with E-state index in [-0.39, 0.29) is 0 Å². The number of rotatable bonds is 2. The quantitative estimate of drug-likeness (QED) is 0.210. The Morgan fingerprint density at radius 2 is 1.12 bits per heavy atom. The second-order valence-corrected chi connectivity index (χ2v) is 12.3. The van der Waals surface area contributed by atoms with Crippen molar-refractivity contribution in [1.29, 1.82) is 0 Å². The van der Waals surface area contributed by atoms with Gasteiger partial charge in [-0.15, -0.1) is 0 Å². The molecule has 1 unspecified atom stereocenters. The molecule has 1 aliphatic carbocycles. The van der Waals surface area contributed by atoms with Crippen LogP contribution in [-0.4, -0.2) is 18.3 Å². The molecule has 0 radical (unpaired) electrons. The third-order valence-corrected chi connectivity index (χ3v) is 9.60. The SMILES string of the molecule is CC1(C)OB(c2ccc3c(c2)C2(c4ccccc4O3)c3ccccc3-c3c(-c4ccccc4)cccc32)OC1(C)C. The maximum Gasteiger partial charge on any atom is 0.494 e. The highest BCUT2D eigenvalue weighted by Gasteiger charge is 2.54. The molecule has 2 heterocycles. The van der Waals surface area contributed by atoms with Gasteiger partial charge in [0, 0.05) is 11.1 Å². The molecule has 41 heavy (non-hydrogen) atoms. The maximum atomic E-state index is 6.63. The minimum Gasteiger partial charge on any atom is -0.457 e. The first-order valence-electron chi connectivity index (χ1n) is 14.4. The first kappa shape index (κ1) is 24.7. The first-order chi connectivity index (χ1) is 19.8. The standard InChI is InChI=1S/C37H31BO3/c1-35(2)36(3,4)41-38(40-35)25-21-22-33-31(23-25)37(29-18-10-11-20-32(29)39-33)28-17-9-8-15-27(28)34-26(16-12-19-30(34)37)24-13-6-5-7-14-24/h5-23H,1-4H3. The molecule has 1 atom stereocenters. The predicted octanol–water partition coefficient (Wildman–Crippen LogP) is 8.12. The number of hydrogen-bond acceptors (Lipinski definition) is 3. The molecule has 3 nitrogen and oxygen atoms in total. The van der Waals surface area contributed by atoms with Crippen LogP contribution in [0.3, 0.4) is 0 Å². The Labute approximate surface area is 241 Å². The van der Waals surface area contributed by atoms with Crippen LogP contribution in [0.1, 0.15) is 49.9 Å². The number of hydrogen-bond donors (Lipinski definition) is 0. The molecular weight excluding hydrogens is 503 g/mol. The Morgan fingerprint density at radius 3 is 1.90 bits per heavy atom. The molecular formula is C37H31BO3. The molecule has 5 aromatic rings. The topological polar surface area (TPSA) is 27.7 Å². The first-order valence-corrected chi connectivity index (χ1v) is 14.4. The Morgan fingerprint density at radius 1 is 0.512 bits per heavy atom. The van der Waals surface area contributed by atoms with Gasteiger partial charge in [-0.1, -0.05) is 103 Å². The average molecular weight is 534 g/mol. The normalized spacial score (nSPS) is 20.6. The van der Waals surface area contributed by atoms with E-state index in [9.17, 15) is 0 Å². The second kappa shape index (κ2) is 8.45. The van der Waals surface area contributed by atoms with Gasteiger partial charge in [0.1, 0.15) is 11.5 Å². The molecule has 3 aliphatic rings. The van der Waals surface area contributed by atoms with Gasteiger partial charge >= 0.3 is 7.12 Å². The van der Waals surface area contributed by atoms with Crippen molar-refractivity contribution < 1.29 is 14.0 Å². The molecule has 0 saturated carbocycles. The van der Waals surface area contributed by atoms with Crippen molar-refractivity contribution in [3.05, 3.63) is 138 Å². The molecule has 8 rings (SSSR count). The fraction of sp³-hybridized carbons (Fsp3) is 0.189. The second-order valence-electron chi connectivity index (χ2n) is 12.3. The molecule has 4 heteroatoms. The van der Waals surface area contributed by atoms with Gasteiger partial charge in [-0.25, -0.2) is 0 Å². The van der Waals surface area contributed by atoms with Crippen molar-refractivity contribution in [2.45, 2.75) is 44.3 Å². The Hall–Kier alpha value is -4.12. The van der Waals surface area contributed by atoms with Crippen molar-refractivity contribution in [3.8, 4) is 33.8 Å². The predicted molar refractivity (Wildman–Crippen MR) is 165 cm³/mol. The van der Waals surface area contributed by atoms with Crippen LogP contribution in [0, 0.1) is 0 Å². The van der Waals surface area contributed by atoms with Gasteiger partial charge < -0.3 is 14.0 Å². The molecule has 1 saturated heterocycles. The van der Waals surface area contributed by atoms with E-state index >= 15 is 0 Å². The molecule has 0 N–H and O–H groups in total. The van der Waals surface area contributed by atoms with E-state index in [0.29, 0.717) is 0 Å². The fourth-order valence-electron chi connectivity index (χ4n) is 6.95. The van der Waals surface area contributed by atoms with Crippen LogP contribution < -0.4 is 10.2 Å². The molecule has 1 spiro atoms. The van der Waals surface area contributed by atoms with Crippen LogP contribution in [0.25, 0.3) is 22.3 Å². The summed E-state index contributed by atoms with van der Waals surface area (Å²) in [5, 5.41) is 0. The van der Waals surface area contributed by atoms with Gasteiger partial charge in [0.25, 0.3) is 0 Å². The Kier molecular flexibility index (Phi) is 5.08. The lowest BCUT2D eigenvalue weighted by atomic mass is 9.64. The lowest BCUT2D eigenvalue weighted by Gasteiger charge is -2.39. The minimum atomic E-state index is -0.555. The van der Waals surface area contributed by atoms with Crippen LogP contribution in [0.5, 0.6) is 11.5 Å². The van der Waals surface area contributed by atoms with E-state index in [1.54, 1.807) is 0 Å². The smallest absolute Gasteiger partial charge is 0.457 e. The summed E-state index contributed by atoms with van der Waals surface area (Å²) in [4.78, 5) is 0. The lowest BCUT2D eigenvalue weighted by Crippen LogP contribution is -2.41. The molecule has 0 amide bonds. The van der Waals surface area contributed by atoms with E-state index in [1.807, 2.05) is 0 Å². The van der Waals surface area contributed by atoms with E-state index in [1.165, 1.54) is 33.4 Å². The monoisotopic (exact) mass is 534 g/mol. The summed E-state index contributed by atoms with van der Waals surface area (Å²) in [6.45, 7) is 8.39. The van der Waals surface area contributed by atoms with Gasteiger partial charge in [-0.2, -0.15) is 0 Å². The van der Waals surface area contributed by atoms with E-state index in [4.69, 9.17) is 14.0 Å². The van der Waals surface area contributed by atoms with Crippen LogP contribution in [0.15, 0.2) is 115 Å². The van der Waals surface area contributed by atoms with Gasteiger partial charge in [0.15, 0.2) is 0 Å². The van der Waals surface area contributed by atoms with Gasteiger partial charge in [0.2, 0.25) is 0 Å². The van der Waals surface area contributed by atoms with Gasteiger partial charge in [-0.05, 0) is 78.7 Å². The highest BCUT2D eigenvalue weighted by molar-refractivity contribution is 6.62. The summed E-state index contributed by atoms with van der Waals surface area (Å²) < 4.78 is 19.7. The molecule has 5 aromatic carbocycles. The fourth-order valence-corrected chi connectivity index (χ4v) is 6.95. The van der Waals surface area contributed by atoms with Gasteiger partial charge in [0.05, 0.1) is 16.6 Å². The summed E-state index contributed by atoms with van der Waals surface area (Å²) >= 11 is 0. The highest BCUT2D eigenvalue weighted by Crippen LogP contribution is 2.63. The highest BCUT2D eigenvalue weighted by atomic mass is 16.7. The van der Waals surface area contributed by atoms with Crippen molar-refractivity contribution in [2.24, 2.45) is 0 Å². The summed E-state index contributed by atoms with van der Waals surface area (Å²) in [6, 6.07) is 41.2. The van der Waals surface area contributed by atoms with Crippen LogP contribution >= 0.6 is 0 Å². The average Bonchev–Trinajstić information content (AvgIpc) is 3.40. The van der Waals surface area contributed by atoms with Gasteiger partial charge in [-0.3, -0.25) is 0 Å². The summed E-state index contributed by atoms with van der Waals surface area (Å²) in [5.41, 5.74) is 9.36. The van der Waals surface area contributed by atoms with Crippen LogP contribution in [-0.2, 0) is 14.7 Å². The largest absolute Gasteiger partial charge is 0.494 e. The number of ether oxygens (including phenoxy) is 1. The maximum absolute atomic E-state index is 6.63. The van der Waals surface area contributed by atoms with Crippen molar-refractivity contribution >= 4 is 12.6 Å². The summed E-state index contributed by atoms with van der Waals surface area (Å²) in [7, 11) is -0.466. The van der Waals surface area contributed by atoms with Crippen LogP contribution in [0.4, 0.5) is 0 Å². The number of para-hydroxylation sites is 1. The zero-order chi connectivity index (χ0) is 28.0. The van der Waals surface area contributed by atoms with Crippen LogP contribution in [0.2, 0.25) is 0 Å². The number of fused-ring (bicyclic) bond motifs is 9. The summed E-state index contributed by atoms with van der Waals surface area (Å²) in [5.74, 6) is 1.74. The number of benzene rings is 5. The third-order valence-electron chi connectivity index (χ3n) is 9.60. The zero-order valence-electron chi connectivity index (χ0n) is 23.8. The Bertz CT molecular complexity index is 1830. The third kappa shape index (κ3) is 3.29. The van der Waals surface area contributed by atoms with E-state index in [2.05, 4.69) is 143 Å². The summed E-state index contributed by atoms with van der Waals surface area (Å²) in [6.07, 6.45) is 0. The van der Waals surface area contributed by atoms with Crippen molar-refractivity contribution in [3.63, 3.8) is 0 Å². The van der Waals surface area contributed by atoms with E-state index < -0.39 is 23.7 Å². The molecule has 1 fully saturated rings. The molecule has 0 aromatic heterocycles. The van der Waals surface area contributed by atoms with Crippen molar-refractivity contribution in [2.75, 3.05) is 0 Å². The zero-order valence-corrected chi connectivity index (χ0v) is 23.8. The minimum absolute atomic E-state index is 0.425. The Balaban J connectivity index is 1.44. The van der Waals surface area contributed by atoms with E-state index in [0.717, 1.165) is 28.1 Å². The van der Waals surface area contributed by atoms with Crippen molar-refractivity contribution in [1.82, 2.24) is 0 Å². The lowest BCUT2D eigenvalue weighted by molar-refractivity contribution is 0.00578. The molecule has 0 bridgehead atoms. The molecule has 2 aliphatic heterocycles. The molecule has 200 valence electrons.